The number of rotatable bonds is 0. The molecule has 0 aliphatic carbocycles. The lowest BCUT2D eigenvalue weighted by molar-refractivity contribution is 0.0715. The fourth-order valence-corrected chi connectivity index (χ4v) is 1.29. The van der Waals surface area contributed by atoms with Gasteiger partial charge >= 0.3 is 0 Å². The summed E-state index contributed by atoms with van der Waals surface area (Å²) >= 11 is 0. The smallest absolute Gasteiger partial charge is 0.127 e. The second-order valence-corrected chi connectivity index (χ2v) is 2.87. The average Bonchev–Trinajstić information content (AvgIpc) is 2.15. The summed E-state index contributed by atoms with van der Waals surface area (Å²) in [6.45, 7) is 3.14. The van der Waals surface area contributed by atoms with Crippen molar-refractivity contribution in [2.45, 2.75) is 31.8 Å². The summed E-state index contributed by atoms with van der Waals surface area (Å²) in [5, 5.41) is 9.80. The van der Waals surface area contributed by atoms with Gasteiger partial charge < -0.3 is 9.84 Å². The zero-order valence-electron chi connectivity index (χ0n) is 6.89. The van der Waals surface area contributed by atoms with E-state index in [0.29, 0.717) is 13.0 Å². The van der Waals surface area contributed by atoms with E-state index in [9.17, 15) is 5.11 Å². The first-order valence-electron chi connectivity index (χ1n) is 4.01. The molecule has 0 aromatic carbocycles. The summed E-state index contributed by atoms with van der Waals surface area (Å²) in [5.41, 5.74) is -0.773. The third-order valence-corrected chi connectivity index (χ3v) is 1.90. The van der Waals surface area contributed by atoms with E-state index in [1.165, 1.54) is 0 Å². The topological polar surface area (TPSA) is 29.5 Å². The SMILES string of the molecule is CC#CC1(O)CCCOCC1. The van der Waals surface area contributed by atoms with E-state index < -0.39 is 5.60 Å². The van der Waals surface area contributed by atoms with Gasteiger partial charge in [0.05, 0.1) is 6.61 Å². The van der Waals surface area contributed by atoms with Crippen molar-refractivity contribution in [3.8, 4) is 11.8 Å². The molecular weight excluding hydrogens is 140 g/mol. The normalized spacial score (nSPS) is 31.8. The predicted molar refractivity (Wildman–Crippen MR) is 43.1 cm³/mol. The molecule has 1 unspecified atom stereocenters. The van der Waals surface area contributed by atoms with E-state index in [4.69, 9.17) is 4.74 Å². The highest BCUT2D eigenvalue weighted by Gasteiger charge is 2.25. The molecule has 0 aromatic rings. The molecule has 1 atom stereocenters. The van der Waals surface area contributed by atoms with Crippen LogP contribution in [-0.4, -0.2) is 23.9 Å². The molecule has 2 heteroatoms. The maximum Gasteiger partial charge on any atom is 0.127 e. The van der Waals surface area contributed by atoms with Gasteiger partial charge in [0.2, 0.25) is 0 Å². The van der Waals surface area contributed by atoms with Gasteiger partial charge in [-0.1, -0.05) is 5.92 Å². The number of ether oxygens (including phenoxy) is 1. The van der Waals surface area contributed by atoms with E-state index in [1.54, 1.807) is 6.92 Å². The minimum Gasteiger partial charge on any atom is -0.381 e. The molecule has 0 saturated carbocycles. The van der Waals surface area contributed by atoms with Crippen LogP contribution in [0.1, 0.15) is 26.2 Å². The van der Waals surface area contributed by atoms with Gasteiger partial charge in [-0.2, -0.15) is 0 Å². The van der Waals surface area contributed by atoms with Crippen molar-refractivity contribution in [3.63, 3.8) is 0 Å². The van der Waals surface area contributed by atoms with Gasteiger partial charge in [0, 0.05) is 13.0 Å². The molecule has 2 nitrogen and oxygen atoms in total. The summed E-state index contributed by atoms with van der Waals surface area (Å²) in [4.78, 5) is 0. The number of aliphatic hydroxyl groups is 1. The van der Waals surface area contributed by atoms with Crippen LogP contribution in [0.3, 0.4) is 0 Å². The molecule has 1 heterocycles. The average molecular weight is 154 g/mol. The molecule has 1 fully saturated rings. The van der Waals surface area contributed by atoms with Gasteiger partial charge in [0.25, 0.3) is 0 Å². The largest absolute Gasteiger partial charge is 0.381 e. The van der Waals surface area contributed by atoms with Crippen molar-refractivity contribution in [1.82, 2.24) is 0 Å². The number of hydrogen-bond donors (Lipinski definition) is 1. The molecule has 1 N–H and O–H groups in total. The Morgan fingerprint density at radius 1 is 1.36 bits per heavy atom. The second kappa shape index (κ2) is 3.75. The first-order valence-corrected chi connectivity index (χ1v) is 4.01. The summed E-state index contributed by atoms with van der Waals surface area (Å²) in [5.74, 6) is 5.58. The molecular formula is C9H14O2. The fourth-order valence-electron chi connectivity index (χ4n) is 1.29. The predicted octanol–water partition coefficient (Wildman–Crippen LogP) is 0.941. The Morgan fingerprint density at radius 2 is 2.18 bits per heavy atom. The van der Waals surface area contributed by atoms with E-state index in [1.807, 2.05) is 0 Å². The zero-order chi connectivity index (χ0) is 8.16. The van der Waals surface area contributed by atoms with E-state index >= 15 is 0 Å². The van der Waals surface area contributed by atoms with Gasteiger partial charge in [0.1, 0.15) is 5.60 Å². The molecule has 0 spiro atoms. The van der Waals surface area contributed by atoms with Crippen LogP contribution in [0.25, 0.3) is 0 Å². The molecule has 0 amide bonds. The molecule has 1 aliphatic rings. The highest BCUT2D eigenvalue weighted by molar-refractivity contribution is 5.12. The van der Waals surface area contributed by atoms with Crippen molar-refractivity contribution in [1.29, 1.82) is 0 Å². The monoisotopic (exact) mass is 154 g/mol. The summed E-state index contributed by atoms with van der Waals surface area (Å²) in [6.07, 6.45) is 2.30. The molecule has 62 valence electrons. The van der Waals surface area contributed by atoms with Crippen LogP contribution in [0.5, 0.6) is 0 Å². The van der Waals surface area contributed by atoms with E-state index in [0.717, 1.165) is 19.4 Å². The van der Waals surface area contributed by atoms with Crippen LogP contribution in [0.4, 0.5) is 0 Å². The molecule has 0 aromatic heterocycles. The minimum absolute atomic E-state index is 0.630. The first-order chi connectivity index (χ1) is 5.27. The van der Waals surface area contributed by atoms with Crippen molar-refractivity contribution in [3.05, 3.63) is 0 Å². The Kier molecular flexibility index (Phi) is 2.92. The summed E-state index contributed by atoms with van der Waals surface area (Å²) < 4.78 is 5.21. The lowest BCUT2D eigenvalue weighted by Gasteiger charge is -2.18. The van der Waals surface area contributed by atoms with E-state index in [-0.39, 0.29) is 0 Å². The Balaban J connectivity index is 2.56. The lowest BCUT2D eigenvalue weighted by atomic mass is 9.96. The molecule has 1 aliphatic heterocycles. The van der Waals surface area contributed by atoms with Gasteiger partial charge in [-0.3, -0.25) is 0 Å². The van der Waals surface area contributed by atoms with Crippen LogP contribution < -0.4 is 0 Å². The van der Waals surface area contributed by atoms with Crippen LogP contribution in [0, 0.1) is 11.8 Å². The maximum absolute atomic E-state index is 9.80. The minimum atomic E-state index is -0.773. The van der Waals surface area contributed by atoms with Gasteiger partial charge in [-0.05, 0) is 19.8 Å². The van der Waals surface area contributed by atoms with Gasteiger partial charge in [0.15, 0.2) is 0 Å². The zero-order valence-corrected chi connectivity index (χ0v) is 6.89. The second-order valence-electron chi connectivity index (χ2n) is 2.87. The van der Waals surface area contributed by atoms with Crippen LogP contribution in [0.15, 0.2) is 0 Å². The third kappa shape index (κ3) is 2.53. The highest BCUT2D eigenvalue weighted by Crippen LogP contribution is 2.19. The van der Waals surface area contributed by atoms with Crippen LogP contribution >= 0.6 is 0 Å². The first kappa shape index (κ1) is 8.58. The Labute approximate surface area is 67.6 Å². The summed E-state index contributed by atoms with van der Waals surface area (Å²) in [6, 6.07) is 0. The molecule has 0 bridgehead atoms. The van der Waals surface area contributed by atoms with Gasteiger partial charge in [-0.15, -0.1) is 5.92 Å². The number of hydrogen-bond acceptors (Lipinski definition) is 2. The quantitative estimate of drug-likeness (QED) is 0.526. The highest BCUT2D eigenvalue weighted by atomic mass is 16.5. The lowest BCUT2D eigenvalue weighted by Crippen LogP contribution is -2.26. The van der Waals surface area contributed by atoms with Crippen molar-refractivity contribution in [2.75, 3.05) is 13.2 Å². The van der Waals surface area contributed by atoms with E-state index in [2.05, 4.69) is 11.8 Å². The summed E-state index contributed by atoms with van der Waals surface area (Å²) in [7, 11) is 0. The maximum atomic E-state index is 9.80. The van der Waals surface area contributed by atoms with Crippen molar-refractivity contribution in [2.24, 2.45) is 0 Å². The van der Waals surface area contributed by atoms with Gasteiger partial charge in [-0.25, -0.2) is 0 Å². The Hall–Kier alpha value is -0.520. The Morgan fingerprint density at radius 3 is 2.91 bits per heavy atom. The Bertz CT molecular complexity index is 168. The molecule has 0 radical (unpaired) electrons. The van der Waals surface area contributed by atoms with Crippen molar-refractivity contribution >= 4 is 0 Å². The van der Waals surface area contributed by atoms with Crippen LogP contribution in [0.2, 0.25) is 0 Å². The fraction of sp³-hybridized carbons (Fsp3) is 0.778. The third-order valence-electron chi connectivity index (χ3n) is 1.90. The molecule has 11 heavy (non-hydrogen) atoms. The van der Waals surface area contributed by atoms with Crippen molar-refractivity contribution < 1.29 is 9.84 Å². The molecule has 1 rings (SSSR count). The molecule has 1 saturated heterocycles. The van der Waals surface area contributed by atoms with Crippen LogP contribution in [-0.2, 0) is 4.74 Å². The standard InChI is InChI=1S/C9H14O2/c1-2-4-9(10)5-3-7-11-8-6-9/h10H,3,5-8H2,1H3.